The highest BCUT2D eigenvalue weighted by molar-refractivity contribution is 5.69. The summed E-state index contributed by atoms with van der Waals surface area (Å²) in [5.41, 5.74) is 0. The van der Waals surface area contributed by atoms with Crippen LogP contribution in [-0.4, -0.2) is 127 Å². The van der Waals surface area contributed by atoms with Gasteiger partial charge in [0.2, 0.25) is 0 Å². The molecule has 0 unspecified atom stereocenters. The standard InChI is InChI=1S/C18H34N4O5/c1-2-3-4-19-5-9-21(15-17(24)25)11-7-20(13-14-23)8-12-22(10-6-19)16-18(26)27/h14H,2-13,15-16H2,1H3,(H,24,25)(H,26,27). The lowest BCUT2D eigenvalue weighted by Gasteiger charge is -2.33. The highest BCUT2D eigenvalue weighted by atomic mass is 16.4. The van der Waals surface area contributed by atoms with Gasteiger partial charge < -0.3 is 19.9 Å². The summed E-state index contributed by atoms with van der Waals surface area (Å²) in [6, 6.07) is 0. The third-order valence-corrected chi connectivity index (χ3v) is 4.81. The number of nitrogens with zero attached hydrogens (tertiary/aromatic N) is 4. The van der Waals surface area contributed by atoms with Crippen LogP contribution < -0.4 is 0 Å². The number of rotatable bonds is 9. The van der Waals surface area contributed by atoms with E-state index < -0.39 is 11.9 Å². The second kappa shape index (κ2) is 13.6. The molecule has 27 heavy (non-hydrogen) atoms. The Bertz CT molecular complexity index is 431. The first-order chi connectivity index (χ1) is 12.9. The Labute approximate surface area is 161 Å². The van der Waals surface area contributed by atoms with Crippen LogP contribution in [-0.2, 0) is 14.4 Å². The lowest BCUT2D eigenvalue weighted by atomic mass is 10.3. The number of hydrogen-bond donors (Lipinski definition) is 2. The van der Waals surface area contributed by atoms with Crippen molar-refractivity contribution in [3.63, 3.8) is 0 Å². The van der Waals surface area contributed by atoms with Crippen LogP contribution in [0.15, 0.2) is 0 Å². The Balaban J connectivity index is 2.81. The minimum absolute atomic E-state index is 0.0122. The molecule has 0 spiro atoms. The van der Waals surface area contributed by atoms with Crippen molar-refractivity contribution in [1.29, 1.82) is 0 Å². The molecule has 0 bridgehead atoms. The molecule has 1 fully saturated rings. The van der Waals surface area contributed by atoms with Crippen LogP contribution in [0.5, 0.6) is 0 Å². The molecule has 1 aliphatic rings. The maximum atomic E-state index is 11.2. The maximum absolute atomic E-state index is 11.2. The Hall–Kier alpha value is -1.55. The molecule has 0 aromatic rings. The summed E-state index contributed by atoms with van der Waals surface area (Å²) in [6.07, 6.45) is 2.97. The quantitative estimate of drug-likeness (QED) is 0.501. The van der Waals surface area contributed by atoms with Gasteiger partial charge in [-0.3, -0.25) is 24.3 Å². The first-order valence-corrected chi connectivity index (χ1v) is 9.71. The summed E-state index contributed by atoms with van der Waals surface area (Å²) in [4.78, 5) is 41.3. The molecule has 0 amide bonds. The average Bonchev–Trinajstić information content (AvgIpc) is 2.60. The Morgan fingerprint density at radius 1 is 0.778 bits per heavy atom. The third kappa shape index (κ3) is 11.0. The molecule has 2 N–H and O–H groups in total. The van der Waals surface area contributed by atoms with Gasteiger partial charge in [-0.15, -0.1) is 0 Å². The van der Waals surface area contributed by atoms with E-state index in [9.17, 15) is 14.4 Å². The van der Waals surface area contributed by atoms with Gasteiger partial charge in [0.05, 0.1) is 19.6 Å². The zero-order valence-electron chi connectivity index (χ0n) is 16.4. The van der Waals surface area contributed by atoms with E-state index in [0.29, 0.717) is 39.3 Å². The van der Waals surface area contributed by atoms with Crippen LogP contribution in [0.3, 0.4) is 0 Å². The molecule has 1 rings (SSSR count). The molecule has 9 heteroatoms. The summed E-state index contributed by atoms with van der Waals surface area (Å²) in [5.74, 6) is -1.70. The largest absolute Gasteiger partial charge is 0.480 e. The fourth-order valence-electron chi connectivity index (χ4n) is 3.17. The van der Waals surface area contributed by atoms with Crippen molar-refractivity contribution in [3.8, 4) is 0 Å². The van der Waals surface area contributed by atoms with Gasteiger partial charge >= 0.3 is 11.9 Å². The van der Waals surface area contributed by atoms with Crippen LogP contribution in [0.1, 0.15) is 19.8 Å². The van der Waals surface area contributed by atoms with E-state index in [1.165, 1.54) is 0 Å². The normalized spacial score (nSPS) is 19.9. The van der Waals surface area contributed by atoms with Crippen LogP contribution in [0, 0.1) is 0 Å². The number of carboxylic acids is 2. The third-order valence-electron chi connectivity index (χ3n) is 4.81. The van der Waals surface area contributed by atoms with Crippen LogP contribution in [0.2, 0.25) is 0 Å². The van der Waals surface area contributed by atoms with E-state index in [2.05, 4.69) is 11.8 Å². The van der Waals surface area contributed by atoms with Gasteiger partial charge in [-0.25, -0.2) is 0 Å². The summed E-state index contributed by atoms with van der Waals surface area (Å²) in [6.45, 7) is 8.40. The number of unbranched alkanes of at least 4 members (excludes halogenated alkanes) is 1. The molecule has 1 aliphatic heterocycles. The van der Waals surface area contributed by atoms with Crippen LogP contribution in [0.4, 0.5) is 0 Å². The summed E-state index contributed by atoms with van der Waals surface area (Å²) < 4.78 is 0. The molecule has 0 aliphatic carbocycles. The average molecular weight is 386 g/mol. The van der Waals surface area contributed by atoms with Gasteiger partial charge in [0.1, 0.15) is 6.29 Å². The Morgan fingerprint density at radius 3 is 1.56 bits per heavy atom. The summed E-state index contributed by atoms with van der Waals surface area (Å²) in [7, 11) is 0. The van der Waals surface area contributed by atoms with Crippen molar-refractivity contribution in [2.45, 2.75) is 19.8 Å². The highest BCUT2D eigenvalue weighted by Gasteiger charge is 2.18. The molecule has 9 nitrogen and oxygen atoms in total. The van der Waals surface area contributed by atoms with E-state index in [1.54, 1.807) is 0 Å². The van der Waals surface area contributed by atoms with Gasteiger partial charge in [0.15, 0.2) is 0 Å². The van der Waals surface area contributed by atoms with E-state index in [0.717, 1.165) is 38.8 Å². The second-order valence-electron chi connectivity index (χ2n) is 7.00. The van der Waals surface area contributed by atoms with Crippen LogP contribution >= 0.6 is 0 Å². The van der Waals surface area contributed by atoms with Crippen molar-refractivity contribution in [2.24, 2.45) is 0 Å². The number of carboxylic acid groups (broad SMARTS) is 2. The first kappa shape index (κ1) is 23.5. The van der Waals surface area contributed by atoms with Gasteiger partial charge in [-0.1, -0.05) is 13.3 Å². The van der Waals surface area contributed by atoms with E-state index in [-0.39, 0.29) is 19.6 Å². The maximum Gasteiger partial charge on any atom is 0.317 e. The second-order valence-corrected chi connectivity index (χ2v) is 7.00. The fourth-order valence-corrected chi connectivity index (χ4v) is 3.17. The van der Waals surface area contributed by atoms with Gasteiger partial charge in [0, 0.05) is 52.4 Å². The molecular formula is C18H34N4O5. The molecule has 0 aromatic carbocycles. The minimum atomic E-state index is -0.850. The number of carbonyl (C=O) groups is 3. The van der Waals surface area contributed by atoms with Gasteiger partial charge in [-0.05, 0) is 13.0 Å². The van der Waals surface area contributed by atoms with Crippen molar-refractivity contribution in [3.05, 3.63) is 0 Å². The summed E-state index contributed by atoms with van der Waals surface area (Å²) >= 11 is 0. The monoisotopic (exact) mass is 386 g/mol. The zero-order chi connectivity index (χ0) is 20.1. The fraction of sp³-hybridized carbons (Fsp3) is 0.833. The van der Waals surface area contributed by atoms with Gasteiger partial charge in [0.25, 0.3) is 0 Å². The molecule has 0 radical (unpaired) electrons. The van der Waals surface area contributed by atoms with E-state index in [1.807, 2.05) is 14.7 Å². The number of aldehydes is 1. The van der Waals surface area contributed by atoms with Crippen molar-refractivity contribution < 1.29 is 24.6 Å². The molecule has 0 atom stereocenters. The predicted molar refractivity (Wildman–Crippen MR) is 102 cm³/mol. The molecular weight excluding hydrogens is 352 g/mol. The molecule has 1 saturated heterocycles. The van der Waals surface area contributed by atoms with Crippen molar-refractivity contribution in [1.82, 2.24) is 19.6 Å². The Kier molecular flexibility index (Phi) is 11.8. The molecule has 0 aromatic heterocycles. The number of hydrogen-bond acceptors (Lipinski definition) is 7. The van der Waals surface area contributed by atoms with E-state index >= 15 is 0 Å². The van der Waals surface area contributed by atoms with E-state index in [4.69, 9.17) is 10.2 Å². The lowest BCUT2D eigenvalue weighted by Crippen LogP contribution is -2.48. The topological polar surface area (TPSA) is 105 Å². The zero-order valence-corrected chi connectivity index (χ0v) is 16.4. The minimum Gasteiger partial charge on any atom is -0.480 e. The number of carbonyl (C=O) groups excluding carboxylic acids is 1. The molecule has 156 valence electrons. The first-order valence-electron chi connectivity index (χ1n) is 9.71. The predicted octanol–water partition coefficient (Wildman–Crippen LogP) is -0.624. The van der Waals surface area contributed by atoms with Crippen molar-refractivity contribution >= 4 is 18.2 Å². The van der Waals surface area contributed by atoms with Crippen molar-refractivity contribution in [2.75, 3.05) is 78.5 Å². The highest BCUT2D eigenvalue weighted by Crippen LogP contribution is 2.02. The SMILES string of the molecule is CCCCN1CCN(CC(=O)O)CCN(CC=O)CCN(CC(=O)O)CC1. The summed E-state index contributed by atoms with van der Waals surface area (Å²) in [5, 5.41) is 18.3. The molecule has 1 heterocycles. The molecule has 0 saturated carbocycles. The van der Waals surface area contributed by atoms with Gasteiger partial charge in [-0.2, -0.15) is 0 Å². The smallest absolute Gasteiger partial charge is 0.317 e. The number of aliphatic carboxylic acids is 2. The van der Waals surface area contributed by atoms with Crippen LogP contribution in [0.25, 0.3) is 0 Å². The Morgan fingerprint density at radius 2 is 1.19 bits per heavy atom. The lowest BCUT2D eigenvalue weighted by molar-refractivity contribution is -0.139.